The van der Waals surface area contributed by atoms with E-state index in [1.54, 1.807) is 12.1 Å². The molecule has 1 atom stereocenters. The van der Waals surface area contributed by atoms with E-state index in [0.717, 1.165) is 12.1 Å². The number of hydrogen-bond acceptors (Lipinski definition) is 4. The molecular formula is C18H22FNO4S. The molecule has 0 spiro atoms. The van der Waals surface area contributed by atoms with Gasteiger partial charge in [-0.25, -0.2) is 12.8 Å². The van der Waals surface area contributed by atoms with E-state index in [2.05, 4.69) is 5.32 Å². The minimum absolute atomic E-state index is 0.0212. The van der Waals surface area contributed by atoms with Gasteiger partial charge in [0.05, 0.1) is 11.2 Å². The Balaban J connectivity index is 2.28. The van der Waals surface area contributed by atoms with Crippen LogP contribution < -0.4 is 5.32 Å². The molecule has 1 aromatic carbocycles. The van der Waals surface area contributed by atoms with Crippen LogP contribution in [0.1, 0.15) is 37.7 Å². The Morgan fingerprint density at radius 1 is 1.16 bits per heavy atom. The number of carbonyl (C=O) groups excluding carboxylic acids is 1. The largest absolute Gasteiger partial charge is 0.468 e. The highest BCUT2D eigenvalue weighted by atomic mass is 32.2. The summed E-state index contributed by atoms with van der Waals surface area (Å²) in [6.07, 6.45) is 2.74. The van der Waals surface area contributed by atoms with Crippen molar-refractivity contribution in [2.75, 3.05) is 6.54 Å². The van der Waals surface area contributed by atoms with Gasteiger partial charge >= 0.3 is 0 Å². The normalized spacial score (nSPS) is 13.0. The summed E-state index contributed by atoms with van der Waals surface area (Å²) in [5, 5.41) is 1.63. The highest BCUT2D eigenvalue weighted by molar-refractivity contribution is 7.91. The summed E-state index contributed by atoms with van der Waals surface area (Å²) in [7, 11) is -3.85. The van der Waals surface area contributed by atoms with E-state index >= 15 is 0 Å². The van der Waals surface area contributed by atoms with Crippen LogP contribution in [0.2, 0.25) is 0 Å². The topological polar surface area (TPSA) is 76.4 Å². The zero-order valence-corrected chi connectivity index (χ0v) is 15.1. The molecule has 2 aromatic rings. The average Bonchev–Trinajstić information content (AvgIpc) is 3.10. The average molecular weight is 367 g/mol. The molecule has 1 heterocycles. The van der Waals surface area contributed by atoms with Crippen LogP contribution in [-0.2, 0) is 14.6 Å². The Bertz CT molecular complexity index is 781. The molecule has 0 aliphatic heterocycles. The van der Waals surface area contributed by atoms with E-state index in [1.807, 2.05) is 13.8 Å². The molecule has 0 aliphatic rings. The van der Waals surface area contributed by atoms with Gasteiger partial charge in [0.2, 0.25) is 5.91 Å². The van der Waals surface area contributed by atoms with Crippen LogP contribution in [0.15, 0.2) is 52.0 Å². The summed E-state index contributed by atoms with van der Waals surface area (Å²) in [5.74, 6) is -0.633. The number of furan rings is 1. The monoisotopic (exact) mass is 367 g/mol. The smallest absolute Gasteiger partial charge is 0.223 e. The Kier molecular flexibility index (Phi) is 6.36. The van der Waals surface area contributed by atoms with Gasteiger partial charge in [0.25, 0.3) is 0 Å². The molecule has 1 aromatic heterocycles. The first-order chi connectivity index (χ1) is 11.9. The molecule has 0 bridgehead atoms. The van der Waals surface area contributed by atoms with Crippen molar-refractivity contribution in [2.24, 2.45) is 5.92 Å². The number of rotatable bonds is 8. The van der Waals surface area contributed by atoms with Crippen LogP contribution in [0, 0.1) is 11.7 Å². The van der Waals surface area contributed by atoms with Crippen LogP contribution in [0.25, 0.3) is 0 Å². The summed E-state index contributed by atoms with van der Waals surface area (Å²) >= 11 is 0. The highest BCUT2D eigenvalue weighted by Crippen LogP contribution is 2.29. The van der Waals surface area contributed by atoms with Crippen LogP contribution in [0.4, 0.5) is 4.39 Å². The van der Waals surface area contributed by atoms with Crippen LogP contribution in [-0.4, -0.2) is 20.9 Å². The third-order valence-electron chi connectivity index (χ3n) is 4.20. The first-order valence-corrected chi connectivity index (χ1v) is 9.75. The van der Waals surface area contributed by atoms with Gasteiger partial charge in [0.15, 0.2) is 9.84 Å². The van der Waals surface area contributed by atoms with Crippen LogP contribution in [0.3, 0.4) is 0 Å². The van der Waals surface area contributed by atoms with E-state index in [4.69, 9.17) is 4.42 Å². The van der Waals surface area contributed by atoms with Crippen molar-refractivity contribution in [1.82, 2.24) is 5.32 Å². The van der Waals surface area contributed by atoms with E-state index in [1.165, 1.54) is 18.4 Å². The van der Waals surface area contributed by atoms with Crippen LogP contribution in [0.5, 0.6) is 0 Å². The van der Waals surface area contributed by atoms with Gasteiger partial charge in [-0.3, -0.25) is 4.79 Å². The second-order valence-corrected chi connectivity index (χ2v) is 7.89. The number of benzene rings is 1. The molecular weight excluding hydrogens is 345 g/mol. The first-order valence-electron chi connectivity index (χ1n) is 8.20. The predicted octanol–water partition coefficient (Wildman–Crippen LogP) is 3.49. The number of hydrogen-bond donors (Lipinski definition) is 1. The summed E-state index contributed by atoms with van der Waals surface area (Å²) in [5.41, 5.74) is 0. The maximum Gasteiger partial charge on any atom is 0.223 e. The summed E-state index contributed by atoms with van der Waals surface area (Å²) in [6.45, 7) is 3.71. The third kappa shape index (κ3) is 4.48. The molecule has 0 fully saturated rings. The van der Waals surface area contributed by atoms with E-state index in [-0.39, 0.29) is 29.0 Å². The van der Waals surface area contributed by atoms with E-state index in [9.17, 15) is 17.6 Å². The first kappa shape index (κ1) is 19.2. The van der Waals surface area contributed by atoms with Gasteiger partial charge in [-0.1, -0.05) is 13.8 Å². The lowest BCUT2D eigenvalue weighted by atomic mass is 10.0. The van der Waals surface area contributed by atoms with Crippen molar-refractivity contribution in [3.05, 3.63) is 54.2 Å². The molecule has 136 valence electrons. The standard InChI is InChI=1S/C18H22FNO4S/c1-3-13(4-2)18(21)20-12-17(16-6-5-11-24-16)25(22,23)15-9-7-14(19)8-10-15/h5-11,13,17H,3-4,12H2,1-2H3,(H,20,21). The van der Waals surface area contributed by atoms with Gasteiger partial charge in [-0.15, -0.1) is 0 Å². The van der Waals surface area contributed by atoms with Crippen molar-refractivity contribution in [3.63, 3.8) is 0 Å². The lowest BCUT2D eigenvalue weighted by Gasteiger charge is -2.19. The zero-order chi connectivity index (χ0) is 18.4. The summed E-state index contributed by atoms with van der Waals surface area (Å²) < 4.78 is 44.2. The molecule has 1 amide bonds. The minimum Gasteiger partial charge on any atom is -0.468 e. The number of sulfone groups is 1. The molecule has 0 saturated carbocycles. The Hall–Kier alpha value is -2.15. The zero-order valence-electron chi connectivity index (χ0n) is 14.2. The Morgan fingerprint density at radius 2 is 1.80 bits per heavy atom. The van der Waals surface area contributed by atoms with Crippen molar-refractivity contribution in [2.45, 2.75) is 36.8 Å². The number of halogens is 1. The lowest BCUT2D eigenvalue weighted by molar-refractivity contribution is -0.125. The second kappa shape index (κ2) is 8.29. The van der Waals surface area contributed by atoms with Gasteiger partial charge in [0.1, 0.15) is 16.8 Å². The number of carbonyl (C=O) groups is 1. The minimum atomic E-state index is -3.85. The van der Waals surface area contributed by atoms with E-state index in [0.29, 0.717) is 12.8 Å². The molecule has 0 aliphatic carbocycles. The molecule has 25 heavy (non-hydrogen) atoms. The van der Waals surface area contributed by atoms with Gasteiger partial charge < -0.3 is 9.73 Å². The van der Waals surface area contributed by atoms with Crippen molar-refractivity contribution < 1.29 is 22.0 Å². The Morgan fingerprint density at radius 3 is 2.32 bits per heavy atom. The van der Waals surface area contributed by atoms with E-state index < -0.39 is 20.9 Å². The highest BCUT2D eigenvalue weighted by Gasteiger charge is 2.32. The Labute approximate surface area is 147 Å². The molecule has 7 heteroatoms. The molecule has 1 N–H and O–H groups in total. The van der Waals surface area contributed by atoms with Crippen molar-refractivity contribution in [1.29, 1.82) is 0 Å². The van der Waals surface area contributed by atoms with Crippen molar-refractivity contribution in [3.8, 4) is 0 Å². The fourth-order valence-electron chi connectivity index (χ4n) is 2.62. The van der Waals surface area contributed by atoms with Gasteiger partial charge in [-0.2, -0.15) is 0 Å². The number of amides is 1. The fraction of sp³-hybridized carbons (Fsp3) is 0.389. The second-order valence-electron chi connectivity index (χ2n) is 5.76. The van der Waals surface area contributed by atoms with Gasteiger partial charge in [-0.05, 0) is 49.2 Å². The lowest BCUT2D eigenvalue weighted by Crippen LogP contribution is -2.35. The molecule has 0 radical (unpaired) electrons. The molecule has 2 rings (SSSR count). The van der Waals surface area contributed by atoms with Crippen LogP contribution >= 0.6 is 0 Å². The maximum atomic E-state index is 13.1. The molecule has 1 unspecified atom stereocenters. The summed E-state index contributed by atoms with van der Waals surface area (Å²) in [4.78, 5) is 12.2. The van der Waals surface area contributed by atoms with Crippen molar-refractivity contribution >= 4 is 15.7 Å². The quantitative estimate of drug-likeness (QED) is 0.725. The molecule has 0 saturated heterocycles. The fourth-order valence-corrected chi connectivity index (χ4v) is 4.21. The predicted molar refractivity (Wildman–Crippen MR) is 92.1 cm³/mol. The van der Waals surface area contributed by atoms with Gasteiger partial charge in [0, 0.05) is 12.5 Å². The molecule has 5 nitrogen and oxygen atoms in total. The SMILES string of the molecule is CCC(CC)C(=O)NCC(c1ccco1)S(=O)(=O)c1ccc(F)cc1. The third-order valence-corrected chi connectivity index (χ3v) is 6.27. The summed E-state index contributed by atoms with van der Waals surface area (Å²) in [6, 6.07) is 7.75. The number of nitrogens with one attached hydrogen (secondary N) is 1. The maximum absolute atomic E-state index is 13.1.